The van der Waals surface area contributed by atoms with Crippen molar-refractivity contribution in [2.45, 2.75) is 76.7 Å². The molecule has 1 aliphatic carbocycles. The SMILES string of the molecule is CC[Si](CC)(CC)OC(CNC1CCCc2ccc(O)cc2C1)COc1ccccc1. The summed E-state index contributed by atoms with van der Waals surface area (Å²) in [7, 11) is -1.73. The molecule has 0 aromatic heterocycles. The molecule has 3 rings (SSSR count). The molecule has 2 aromatic rings. The van der Waals surface area contributed by atoms with Crippen LogP contribution in [0, 0.1) is 0 Å². The second-order valence-electron chi connectivity index (χ2n) is 8.76. The molecule has 0 fully saturated rings. The number of ether oxygens (including phenoxy) is 1. The molecular formula is C26H39NO3Si. The summed E-state index contributed by atoms with van der Waals surface area (Å²) in [6.07, 6.45) is 4.38. The molecule has 2 atom stereocenters. The highest BCUT2D eigenvalue weighted by molar-refractivity contribution is 6.73. The van der Waals surface area contributed by atoms with Crippen molar-refractivity contribution in [1.29, 1.82) is 0 Å². The third-order valence-electron chi connectivity index (χ3n) is 6.82. The van der Waals surface area contributed by atoms with E-state index in [1.165, 1.54) is 17.5 Å². The van der Waals surface area contributed by atoms with E-state index in [0.717, 1.165) is 49.7 Å². The summed E-state index contributed by atoms with van der Waals surface area (Å²) in [5, 5.41) is 13.7. The Bertz CT molecular complexity index is 786. The number of aryl methyl sites for hydroxylation is 1. The van der Waals surface area contributed by atoms with E-state index < -0.39 is 8.32 Å². The lowest BCUT2D eigenvalue weighted by atomic mass is 10.0. The maximum absolute atomic E-state index is 9.92. The number of hydrogen-bond acceptors (Lipinski definition) is 4. The van der Waals surface area contributed by atoms with Crippen LogP contribution in [0.4, 0.5) is 0 Å². The Morgan fingerprint density at radius 1 is 1.03 bits per heavy atom. The lowest BCUT2D eigenvalue weighted by molar-refractivity contribution is 0.113. The quantitative estimate of drug-likeness (QED) is 0.347. The highest BCUT2D eigenvalue weighted by Crippen LogP contribution is 2.26. The monoisotopic (exact) mass is 441 g/mol. The maximum Gasteiger partial charge on any atom is 0.192 e. The van der Waals surface area contributed by atoms with Gasteiger partial charge in [-0.1, -0.05) is 45.0 Å². The van der Waals surface area contributed by atoms with Gasteiger partial charge in [-0.25, -0.2) is 0 Å². The molecule has 4 nitrogen and oxygen atoms in total. The van der Waals surface area contributed by atoms with Crippen molar-refractivity contribution < 1.29 is 14.3 Å². The minimum Gasteiger partial charge on any atom is -0.508 e. The summed E-state index contributed by atoms with van der Waals surface area (Å²) >= 11 is 0. The normalized spacial score (nSPS) is 17.6. The second kappa shape index (κ2) is 11.7. The molecule has 0 saturated heterocycles. The van der Waals surface area contributed by atoms with Crippen LogP contribution in [0.15, 0.2) is 48.5 Å². The Labute approximate surface area is 189 Å². The minimum atomic E-state index is -1.73. The fourth-order valence-electron chi connectivity index (χ4n) is 4.62. The first-order valence-electron chi connectivity index (χ1n) is 12.0. The van der Waals surface area contributed by atoms with Crippen molar-refractivity contribution >= 4 is 8.32 Å². The number of fused-ring (bicyclic) bond motifs is 1. The van der Waals surface area contributed by atoms with Crippen molar-refractivity contribution in [1.82, 2.24) is 5.32 Å². The summed E-state index contributed by atoms with van der Waals surface area (Å²) in [5.41, 5.74) is 2.64. The molecule has 0 heterocycles. The van der Waals surface area contributed by atoms with Crippen molar-refractivity contribution in [3.63, 3.8) is 0 Å². The number of rotatable bonds is 11. The van der Waals surface area contributed by atoms with Gasteiger partial charge in [-0.15, -0.1) is 0 Å². The standard InChI is InChI=1S/C26H39NO3Si/c1-4-31(5-2,6-3)30-26(20-29-25-13-8-7-9-14-25)19-27-23-12-10-11-21-15-16-24(28)18-22(21)17-23/h7-9,13-16,18,23,26-28H,4-6,10-12,17,19-20H2,1-3H3. The first-order valence-corrected chi connectivity index (χ1v) is 14.5. The number of nitrogens with one attached hydrogen (secondary N) is 1. The molecule has 2 aromatic carbocycles. The molecule has 0 radical (unpaired) electrons. The molecule has 1 aliphatic rings. The zero-order chi connectivity index (χ0) is 22.1. The van der Waals surface area contributed by atoms with Crippen LogP contribution in [0.2, 0.25) is 18.1 Å². The third-order valence-corrected chi connectivity index (χ3v) is 11.5. The number of benzene rings is 2. The zero-order valence-electron chi connectivity index (χ0n) is 19.4. The van der Waals surface area contributed by atoms with Crippen LogP contribution in [-0.4, -0.2) is 38.7 Å². The summed E-state index contributed by atoms with van der Waals surface area (Å²) in [5.74, 6) is 1.26. The number of hydrogen-bond donors (Lipinski definition) is 2. The van der Waals surface area contributed by atoms with Gasteiger partial charge in [0, 0.05) is 12.6 Å². The fraction of sp³-hybridized carbons (Fsp3) is 0.538. The van der Waals surface area contributed by atoms with E-state index in [-0.39, 0.29) is 6.10 Å². The summed E-state index contributed by atoms with van der Waals surface area (Å²) < 4.78 is 12.9. The Balaban J connectivity index is 1.65. The molecule has 0 saturated carbocycles. The summed E-state index contributed by atoms with van der Waals surface area (Å²) in [6, 6.07) is 19.7. The van der Waals surface area contributed by atoms with Gasteiger partial charge in [0.25, 0.3) is 0 Å². The second-order valence-corrected chi connectivity index (χ2v) is 13.5. The van der Waals surface area contributed by atoms with Gasteiger partial charge in [0.1, 0.15) is 18.1 Å². The average molecular weight is 442 g/mol. The van der Waals surface area contributed by atoms with E-state index in [1.807, 2.05) is 42.5 Å². The fourth-order valence-corrected chi connectivity index (χ4v) is 7.48. The van der Waals surface area contributed by atoms with Crippen LogP contribution in [0.25, 0.3) is 0 Å². The predicted octanol–water partition coefficient (Wildman–Crippen LogP) is 5.70. The van der Waals surface area contributed by atoms with E-state index in [1.54, 1.807) is 0 Å². The minimum absolute atomic E-state index is 0.0404. The number of phenols is 1. The molecule has 0 bridgehead atoms. The van der Waals surface area contributed by atoms with E-state index >= 15 is 0 Å². The van der Waals surface area contributed by atoms with Gasteiger partial charge >= 0.3 is 0 Å². The van der Waals surface area contributed by atoms with Gasteiger partial charge in [0.2, 0.25) is 0 Å². The van der Waals surface area contributed by atoms with Gasteiger partial charge < -0.3 is 19.6 Å². The lowest BCUT2D eigenvalue weighted by Crippen LogP contribution is -2.47. The number of aromatic hydroxyl groups is 1. The van der Waals surface area contributed by atoms with Crippen molar-refractivity contribution in [2.75, 3.05) is 13.2 Å². The van der Waals surface area contributed by atoms with E-state index in [9.17, 15) is 5.11 Å². The third kappa shape index (κ3) is 6.83. The van der Waals surface area contributed by atoms with Gasteiger partial charge in [-0.2, -0.15) is 0 Å². The molecule has 170 valence electrons. The van der Waals surface area contributed by atoms with Crippen LogP contribution < -0.4 is 10.1 Å². The Morgan fingerprint density at radius 3 is 2.48 bits per heavy atom. The Hall–Kier alpha value is -1.82. The highest BCUT2D eigenvalue weighted by Gasteiger charge is 2.32. The summed E-state index contributed by atoms with van der Waals surface area (Å²) in [4.78, 5) is 0. The van der Waals surface area contributed by atoms with E-state index in [0.29, 0.717) is 18.4 Å². The van der Waals surface area contributed by atoms with Gasteiger partial charge in [0.05, 0.1) is 6.10 Å². The molecule has 31 heavy (non-hydrogen) atoms. The van der Waals surface area contributed by atoms with Crippen LogP contribution >= 0.6 is 0 Å². The van der Waals surface area contributed by atoms with Crippen molar-refractivity contribution in [2.24, 2.45) is 0 Å². The zero-order valence-corrected chi connectivity index (χ0v) is 20.4. The molecule has 5 heteroatoms. The molecule has 0 aliphatic heterocycles. The average Bonchev–Trinajstić information content (AvgIpc) is 3.01. The number of para-hydroxylation sites is 1. The Kier molecular flexibility index (Phi) is 8.99. The molecule has 2 unspecified atom stereocenters. The predicted molar refractivity (Wildman–Crippen MR) is 131 cm³/mol. The van der Waals surface area contributed by atoms with Gasteiger partial charge in [-0.3, -0.25) is 0 Å². The van der Waals surface area contributed by atoms with Crippen LogP contribution in [0.1, 0.15) is 44.7 Å². The van der Waals surface area contributed by atoms with E-state index in [2.05, 4.69) is 32.2 Å². The van der Waals surface area contributed by atoms with Crippen LogP contribution in [-0.2, 0) is 17.3 Å². The summed E-state index contributed by atoms with van der Waals surface area (Å²) in [6.45, 7) is 8.18. The first-order chi connectivity index (χ1) is 15.1. The maximum atomic E-state index is 9.92. The van der Waals surface area contributed by atoms with Crippen molar-refractivity contribution in [3.05, 3.63) is 59.7 Å². The van der Waals surface area contributed by atoms with Crippen LogP contribution in [0.3, 0.4) is 0 Å². The van der Waals surface area contributed by atoms with Crippen molar-refractivity contribution in [3.8, 4) is 11.5 Å². The molecule has 2 N–H and O–H groups in total. The largest absolute Gasteiger partial charge is 0.508 e. The smallest absolute Gasteiger partial charge is 0.192 e. The number of phenolic OH excluding ortho intramolecular Hbond substituents is 1. The molecule has 0 amide bonds. The topological polar surface area (TPSA) is 50.7 Å². The van der Waals surface area contributed by atoms with Gasteiger partial charge in [-0.05, 0) is 79.2 Å². The first kappa shape index (κ1) is 23.8. The lowest BCUT2D eigenvalue weighted by Gasteiger charge is -2.34. The highest BCUT2D eigenvalue weighted by atomic mass is 28.4. The van der Waals surface area contributed by atoms with E-state index in [4.69, 9.17) is 9.16 Å². The van der Waals surface area contributed by atoms with Crippen LogP contribution in [0.5, 0.6) is 11.5 Å². The Morgan fingerprint density at radius 2 is 1.77 bits per heavy atom. The molecule has 0 spiro atoms. The van der Waals surface area contributed by atoms with Gasteiger partial charge in [0.15, 0.2) is 8.32 Å². The molecular weight excluding hydrogens is 402 g/mol.